The Hall–Kier alpha value is -4.48. The third-order valence-electron chi connectivity index (χ3n) is 5.49. The molecule has 0 fully saturated rings. The van der Waals surface area contributed by atoms with Crippen LogP contribution in [-0.2, 0) is 30.3 Å². The second-order valence-electron chi connectivity index (χ2n) is 7.94. The Morgan fingerprint density at radius 2 is 1.77 bits per heavy atom. The first-order chi connectivity index (χ1) is 18.2. The highest BCUT2D eigenvalue weighted by Crippen LogP contribution is 2.41. The van der Waals surface area contributed by atoms with E-state index < -0.39 is 51.6 Å². The Kier molecular flexibility index (Phi) is 5.89. The number of nitrogens with zero attached hydrogens (tertiary/aromatic N) is 7. The molecular formula is C20H14N8O8S3. The molecule has 4 aromatic rings. The van der Waals surface area contributed by atoms with Crippen molar-refractivity contribution in [3.63, 3.8) is 0 Å². The highest BCUT2D eigenvalue weighted by atomic mass is 32.2. The Balaban J connectivity index is 1.69. The number of hydrogen-bond acceptors (Lipinski definition) is 12. The van der Waals surface area contributed by atoms with Gasteiger partial charge in [-0.2, -0.15) is 40.7 Å². The van der Waals surface area contributed by atoms with E-state index in [9.17, 15) is 39.6 Å². The number of rotatable bonds is 5. The van der Waals surface area contributed by atoms with Gasteiger partial charge < -0.3 is 5.32 Å². The van der Waals surface area contributed by atoms with Crippen molar-refractivity contribution in [2.75, 3.05) is 5.32 Å². The zero-order valence-corrected chi connectivity index (χ0v) is 21.8. The molecular weight excluding hydrogens is 576 g/mol. The number of azo groups is 1. The lowest BCUT2D eigenvalue weighted by atomic mass is 10.3. The molecule has 1 aliphatic heterocycles. The molecule has 1 aliphatic rings. The van der Waals surface area contributed by atoms with E-state index in [0.717, 1.165) is 16.4 Å². The lowest BCUT2D eigenvalue weighted by Gasteiger charge is -2.19. The van der Waals surface area contributed by atoms with Crippen LogP contribution in [0.2, 0.25) is 0 Å². The van der Waals surface area contributed by atoms with Gasteiger partial charge in [0.1, 0.15) is 21.4 Å². The fraction of sp³-hybridized carbons (Fsp3) is 0.0500. The third-order valence-corrected chi connectivity index (χ3v) is 8.87. The van der Waals surface area contributed by atoms with Crippen LogP contribution in [-0.4, -0.2) is 53.3 Å². The fourth-order valence-corrected chi connectivity index (χ4v) is 6.33. The summed E-state index contributed by atoms with van der Waals surface area (Å²) >= 11 is 0. The molecule has 200 valence electrons. The summed E-state index contributed by atoms with van der Waals surface area (Å²) < 4.78 is 94.0. The van der Waals surface area contributed by atoms with Gasteiger partial charge in [0.25, 0.3) is 30.3 Å². The summed E-state index contributed by atoms with van der Waals surface area (Å²) in [5, 5.41) is 28.4. The minimum atomic E-state index is -4.96. The number of nitriles is 1. The molecule has 16 nitrogen and oxygen atoms in total. The predicted octanol–water partition coefficient (Wildman–Crippen LogP) is 2.45. The maximum absolute atomic E-state index is 13.1. The van der Waals surface area contributed by atoms with Crippen molar-refractivity contribution in [2.45, 2.75) is 21.6 Å². The average Bonchev–Trinajstić information content (AvgIpc) is 3.42. The minimum Gasteiger partial charge on any atom is -0.336 e. The molecule has 0 saturated heterocycles. The van der Waals surface area contributed by atoms with Gasteiger partial charge in [0, 0.05) is 0 Å². The molecule has 0 saturated carbocycles. The van der Waals surface area contributed by atoms with Gasteiger partial charge in [0.05, 0.1) is 28.2 Å². The van der Waals surface area contributed by atoms with Gasteiger partial charge in [0.15, 0.2) is 17.3 Å². The van der Waals surface area contributed by atoms with Crippen molar-refractivity contribution in [1.29, 1.82) is 5.26 Å². The lowest BCUT2D eigenvalue weighted by Crippen LogP contribution is -2.22. The second-order valence-corrected chi connectivity index (χ2v) is 12.5. The first kappa shape index (κ1) is 26.1. The molecule has 0 amide bonds. The Labute approximate surface area is 220 Å². The number of aromatic nitrogens is 4. The molecule has 0 radical (unpaired) electrons. The van der Waals surface area contributed by atoms with E-state index in [1.54, 1.807) is 18.2 Å². The summed E-state index contributed by atoms with van der Waals surface area (Å²) in [5.41, 5.74) is -0.502. The van der Waals surface area contributed by atoms with Gasteiger partial charge in [-0.3, -0.25) is 9.11 Å². The summed E-state index contributed by atoms with van der Waals surface area (Å²) in [6.07, 6.45) is 0.974. The molecule has 5 rings (SSSR count). The number of nitrogens with one attached hydrogen (secondary N) is 1. The maximum Gasteiger partial charge on any atom is 0.296 e. The molecule has 2 aromatic heterocycles. The van der Waals surface area contributed by atoms with E-state index in [-0.39, 0.29) is 33.3 Å². The summed E-state index contributed by atoms with van der Waals surface area (Å²) in [7, 11) is -13.9. The van der Waals surface area contributed by atoms with Crippen molar-refractivity contribution in [3.05, 3.63) is 59.9 Å². The predicted molar refractivity (Wildman–Crippen MR) is 131 cm³/mol. The first-order valence-electron chi connectivity index (χ1n) is 10.4. The van der Waals surface area contributed by atoms with Crippen LogP contribution < -0.4 is 5.32 Å². The van der Waals surface area contributed by atoms with Crippen LogP contribution >= 0.6 is 0 Å². The monoisotopic (exact) mass is 590 g/mol. The number of anilines is 2. The zero-order valence-electron chi connectivity index (χ0n) is 19.3. The molecule has 3 N–H and O–H groups in total. The van der Waals surface area contributed by atoms with Gasteiger partial charge in [-0.15, -0.1) is 14.3 Å². The van der Waals surface area contributed by atoms with Gasteiger partial charge in [-0.05, 0) is 37.3 Å². The summed E-state index contributed by atoms with van der Waals surface area (Å²) in [4.78, 5) is -1.58. The van der Waals surface area contributed by atoms with Crippen molar-refractivity contribution in [2.24, 2.45) is 10.2 Å². The Morgan fingerprint density at radius 1 is 1.05 bits per heavy atom. The van der Waals surface area contributed by atoms with E-state index in [1.165, 1.54) is 19.1 Å². The lowest BCUT2D eigenvalue weighted by molar-refractivity contribution is 0.477. The second kappa shape index (κ2) is 8.79. The normalized spacial score (nSPS) is 14.4. The average molecular weight is 591 g/mol. The highest BCUT2D eigenvalue weighted by molar-refractivity contribution is 7.90. The van der Waals surface area contributed by atoms with Gasteiger partial charge in [0.2, 0.25) is 0 Å². The first-order valence-corrected chi connectivity index (χ1v) is 14.8. The summed E-state index contributed by atoms with van der Waals surface area (Å²) in [5.74, 6) is -0.472. The molecule has 39 heavy (non-hydrogen) atoms. The molecule has 2 aromatic carbocycles. The van der Waals surface area contributed by atoms with Crippen molar-refractivity contribution in [1.82, 2.24) is 19.0 Å². The molecule has 3 heterocycles. The molecule has 0 atom stereocenters. The number of para-hydroxylation sites is 1. The SMILES string of the molecule is Cc1nn2c(c1N=Nc1c(C#N)cnn1-c1cc(S(=O)(=O)O)ccc1S(=O)(=O)O)Nc1ccccc1S2(=O)=O. The van der Waals surface area contributed by atoms with Gasteiger partial charge in [-0.25, -0.2) is 4.68 Å². The van der Waals surface area contributed by atoms with E-state index in [1.807, 2.05) is 0 Å². The summed E-state index contributed by atoms with van der Waals surface area (Å²) in [6, 6.07) is 10.0. The quantitative estimate of drug-likeness (QED) is 0.197. The Bertz CT molecular complexity index is 2090. The Morgan fingerprint density at radius 3 is 2.44 bits per heavy atom. The van der Waals surface area contributed by atoms with Crippen molar-refractivity contribution >= 4 is 53.3 Å². The molecule has 0 bridgehead atoms. The van der Waals surface area contributed by atoms with Crippen LogP contribution in [0.1, 0.15) is 11.3 Å². The zero-order chi connectivity index (χ0) is 28.3. The van der Waals surface area contributed by atoms with Crippen LogP contribution in [0.25, 0.3) is 5.69 Å². The van der Waals surface area contributed by atoms with Gasteiger partial charge >= 0.3 is 0 Å². The number of benzene rings is 2. The maximum atomic E-state index is 13.1. The minimum absolute atomic E-state index is 0.0233. The van der Waals surface area contributed by atoms with Crippen LogP contribution in [0, 0.1) is 18.3 Å². The smallest absolute Gasteiger partial charge is 0.296 e. The van der Waals surface area contributed by atoms with Crippen molar-refractivity contribution in [3.8, 4) is 11.8 Å². The largest absolute Gasteiger partial charge is 0.336 e. The van der Waals surface area contributed by atoms with Crippen LogP contribution in [0.4, 0.5) is 23.0 Å². The number of fused-ring (bicyclic) bond motifs is 2. The standard InChI is InChI=1S/C20H14N8O8S3/c1-11-18(20-23-14-4-2-3-5-16(14)37(29,30)28(20)26-11)24-25-19-12(9-21)10-22-27(19)15-8-13(38(31,32)33)6-7-17(15)39(34,35)36/h2-8,10,23H,1H3,(H,31,32,33)(H,34,35,36). The number of hydrogen-bond donors (Lipinski definition) is 3. The fourth-order valence-electron chi connectivity index (χ4n) is 3.74. The molecule has 0 spiro atoms. The van der Waals surface area contributed by atoms with Gasteiger partial charge in [-0.1, -0.05) is 12.1 Å². The highest BCUT2D eigenvalue weighted by Gasteiger charge is 2.33. The van der Waals surface area contributed by atoms with E-state index >= 15 is 0 Å². The van der Waals surface area contributed by atoms with Crippen molar-refractivity contribution < 1.29 is 34.4 Å². The van der Waals surface area contributed by atoms with Crippen LogP contribution in [0.15, 0.2) is 73.6 Å². The topological polar surface area (TPSA) is 239 Å². The van der Waals surface area contributed by atoms with E-state index in [4.69, 9.17) is 0 Å². The van der Waals surface area contributed by atoms with Crippen LogP contribution in [0.3, 0.4) is 0 Å². The third kappa shape index (κ3) is 4.35. The number of aryl methyl sites for hydroxylation is 1. The summed E-state index contributed by atoms with van der Waals surface area (Å²) in [6.45, 7) is 1.45. The molecule has 0 unspecified atom stereocenters. The van der Waals surface area contributed by atoms with Crippen LogP contribution in [0.5, 0.6) is 0 Å². The molecule has 19 heteroatoms. The van der Waals surface area contributed by atoms with E-state index in [2.05, 4.69) is 25.7 Å². The molecule has 0 aliphatic carbocycles. The van der Waals surface area contributed by atoms with E-state index in [0.29, 0.717) is 16.8 Å².